The number of nitrogens with one attached hydrogen (secondary N) is 1. The molecule has 0 amide bonds. The number of halogens is 3. The zero-order chi connectivity index (χ0) is 25.7. The van der Waals surface area contributed by atoms with Crippen LogP contribution in [0.1, 0.15) is 5.56 Å². The maximum atomic E-state index is 13.2. The monoisotopic (exact) mass is 498 g/mol. The van der Waals surface area contributed by atoms with Crippen molar-refractivity contribution in [1.82, 2.24) is 9.55 Å². The fourth-order valence-electron chi connectivity index (χ4n) is 3.45. The highest BCUT2D eigenvalue weighted by Crippen LogP contribution is 2.26. The van der Waals surface area contributed by atoms with E-state index in [9.17, 15) is 23.1 Å². The number of aliphatic imine (C=N–C) groups is 1. The van der Waals surface area contributed by atoms with Crippen LogP contribution in [0.2, 0.25) is 0 Å². The number of aromatic hydroxyl groups is 1. The summed E-state index contributed by atoms with van der Waals surface area (Å²) in [6.45, 7) is 0.396. The summed E-state index contributed by atoms with van der Waals surface area (Å²) in [5.74, 6) is 0.167. The number of para-hydroxylation sites is 1. The number of aromatic nitrogens is 2. The highest BCUT2D eigenvalue weighted by molar-refractivity contribution is 5.81. The predicted molar refractivity (Wildman–Crippen MR) is 130 cm³/mol. The smallest absolute Gasteiger partial charge is 0.504 e. The van der Waals surface area contributed by atoms with Crippen LogP contribution in [0.3, 0.4) is 0 Å². The first-order valence-electron chi connectivity index (χ1n) is 10.7. The van der Waals surface area contributed by atoms with E-state index in [1.54, 1.807) is 42.6 Å². The summed E-state index contributed by atoms with van der Waals surface area (Å²) >= 11 is 0. The van der Waals surface area contributed by atoms with Gasteiger partial charge in [0.15, 0.2) is 11.5 Å². The van der Waals surface area contributed by atoms with Crippen molar-refractivity contribution in [2.24, 2.45) is 4.99 Å². The van der Waals surface area contributed by atoms with Gasteiger partial charge in [-0.25, -0.2) is 4.98 Å². The third kappa shape index (κ3) is 5.93. The standard InChI is InChI=1S/C25H21F3N4O4/c1-35-22-11-6-16(14-21(22)33)15-29-12-13-32-23(34)19-4-2-3-5-20(19)31-24(32)30-17-7-9-18(10-8-17)36-25(26,27)28/h2-11,14-15,33H,12-13H2,1H3,(H,30,31). The van der Waals surface area contributed by atoms with Gasteiger partial charge in [-0.2, -0.15) is 0 Å². The van der Waals surface area contributed by atoms with Gasteiger partial charge in [-0.05, 0) is 60.2 Å². The molecule has 0 bridgehead atoms. The number of benzene rings is 3. The van der Waals surface area contributed by atoms with Gasteiger partial charge in [0, 0.05) is 18.4 Å². The third-order valence-corrected chi connectivity index (χ3v) is 5.10. The maximum absolute atomic E-state index is 13.2. The van der Waals surface area contributed by atoms with E-state index in [-0.39, 0.29) is 36.1 Å². The molecule has 1 heterocycles. The van der Waals surface area contributed by atoms with Crippen LogP contribution in [-0.2, 0) is 6.54 Å². The summed E-state index contributed by atoms with van der Waals surface area (Å²) in [4.78, 5) is 22.0. The molecule has 2 N–H and O–H groups in total. The molecule has 0 aliphatic carbocycles. The van der Waals surface area contributed by atoms with Crippen molar-refractivity contribution in [3.8, 4) is 17.2 Å². The van der Waals surface area contributed by atoms with Crippen LogP contribution in [0.4, 0.5) is 24.8 Å². The molecule has 3 aromatic carbocycles. The molecule has 0 unspecified atom stereocenters. The number of anilines is 2. The molecule has 0 fully saturated rings. The first-order chi connectivity index (χ1) is 17.2. The summed E-state index contributed by atoms with van der Waals surface area (Å²) in [5, 5.41) is 13.3. The molecule has 0 atom stereocenters. The number of hydrogen-bond donors (Lipinski definition) is 2. The lowest BCUT2D eigenvalue weighted by atomic mass is 10.2. The van der Waals surface area contributed by atoms with Gasteiger partial charge >= 0.3 is 6.36 Å². The Hall–Kier alpha value is -4.54. The summed E-state index contributed by atoms with van der Waals surface area (Å²) in [6.07, 6.45) is -3.23. The van der Waals surface area contributed by atoms with E-state index in [0.717, 1.165) is 12.1 Å². The molecule has 8 nitrogen and oxygen atoms in total. The SMILES string of the molecule is COc1ccc(C=NCCn2c(Nc3ccc(OC(F)(F)F)cc3)nc3ccccc3c2=O)cc1O. The molecule has 0 radical (unpaired) electrons. The number of rotatable bonds is 8. The summed E-state index contributed by atoms with van der Waals surface area (Å²) in [7, 11) is 1.45. The van der Waals surface area contributed by atoms with Gasteiger partial charge in [0.05, 0.1) is 24.6 Å². The van der Waals surface area contributed by atoms with Crippen LogP contribution >= 0.6 is 0 Å². The van der Waals surface area contributed by atoms with Gasteiger partial charge in [-0.1, -0.05) is 12.1 Å². The van der Waals surface area contributed by atoms with Crippen LogP contribution in [0.5, 0.6) is 17.2 Å². The Kier molecular flexibility index (Phi) is 7.09. The molecule has 11 heteroatoms. The first-order valence-corrected chi connectivity index (χ1v) is 10.7. The van der Waals surface area contributed by atoms with Gasteiger partial charge in [-0.15, -0.1) is 13.2 Å². The van der Waals surface area contributed by atoms with Crippen molar-refractivity contribution in [3.63, 3.8) is 0 Å². The van der Waals surface area contributed by atoms with E-state index >= 15 is 0 Å². The van der Waals surface area contributed by atoms with Crippen molar-refractivity contribution in [3.05, 3.63) is 82.6 Å². The van der Waals surface area contributed by atoms with Crippen molar-refractivity contribution >= 4 is 28.8 Å². The quantitative estimate of drug-likeness (QED) is 0.337. The van der Waals surface area contributed by atoms with Crippen molar-refractivity contribution in [2.45, 2.75) is 12.9 Å². The second-order valence-electron chi connectivity index (χ2n) is 7.57. The van der Waals surface area contributed by atoms with Crippen molar-refractivity contribution in [1.29, 1.82) is 0 Å². The van der Waals surface area contributed by atoms with Crippen LogP contribution in [0.25, 0.3) is 10.9 Å². The number of phenolic OH excluding ortho intramolecular Hbond substituents is 1. The van der Waals surface area contributed by atoms with Crippen LogP contribution in [0, 0.1) is 0 Å². The maximum Gasteiger partial charge on any atom is 0.573 e. The molecule has 1 aromatic heterocycles. The Labute approximate surface area is 203 Å². The van der Waals surface area contributed by atoms with E-state index in [0.29, 0.717) is 27.9 Å². The Balaban J connectivity index is 1.57. The van der Waals surface area contributed by atoms with E-state index < -0.39 is 6.36 Å². The number of hydrogen-bond acceptors (Lipinski definition) is 7. The minimum atomic E-state index is -4.79. The molecule has 0 aliphatic rings. The Morgan fingerprint density at radius 3 is 2.56 bits per heavy atom. The minimum absolute atomic E-state index is 0.0189. The number of nitrogens with zero attached hydrogens (tertiary/aromatic N) is 3. The number of phenols is 1. The lowest BCUT2D eigenvalue weighted by Crippen LogP contribution is -2.25. The van der Waals surface area contributed by atoms with Gasteiger partial charge < -0.3 is 19.9 Å². The van der Waals surface area contributed by atoms with Gasteiger partial charge in [0.1, 0.15) is 5.75 Å². The molecule has 36 heavy (non-hydrogen) atoms. The van der Waals surface area contributed by atoms with E-state index in [4.69, 9.17) is 4.74 Å². The molecule has 0 aliphatic heterocycles. The lowest BCUT2D eigenvalue weighted by Gasteiger charge is -2.15. The van der Waals surface area contributed by atoms with Gasteiger partial charge in [-0.3, -0.25) is 14.4 Å². The van der Waals surface area contributed by atoms with E-state index in [1.165, 1.54) is 29.9 Å². The van der Waals surface area contributed by atoms with Crippen LogP contribution < -0.4 is 20.3 Å². The number of fused-ring (bicyclic) bond motifs is 1. The topological polar surface area (TPSA) is 98.0 Å². The second kappa shape index (κ2) is 10.4. The van der Waals surface area contributed by atoms with Gasteiger partial charge in [0.25, 0.3) is 5.56 Å². The van der Waals surface area contributed by atoms with Gasteiger partial charge in [0.2, 0.25) is 5.95 Å². The molecule has 0 spiro atoms. The third-order valence-electron chi connectivity index (χ3n) is 5.10. The molecule has 0 saturated heterocycles. The van der Waals surface area contributed by atoms with E-state index in [1.807, 2.05) is 0 Å². The average molecular weight is 498 g/mol. The fourth-order valence-corrected chi connectivity index (χ4v) is 3.45. The highest BCUT2D eigenvalue weighted by atomic mass is 19.4. The van der Waals surface area contributed by atoms with Crippen LogP contribution in [0.15, 0.2) is 76.5 Å². The number of alkyl halides is 3. The Morgan fingerprint density at radius 1 is 1.11 bits per heavy atom. The summed E-state index contributed by atoms with van der Waals surface area (Å²) in [5.41, 5.74) is 1.24. The summed E-state index contributed by atoms with van der Waals surface area (Å²) < 4.78 is 47.6. The molecular formula is C25H21F3N4O4. The molecule has 4 rings (SSSR count). The molecule has 186 valence electrons. The largest absolute Gasteiger partial charge is 0.573 e. The summed E-state index contributed by atoms with van der Waals surface area (Å²) in [6, 6.07) is 16.8. The number of methoxy groups -OCH3 is 1. The zero-order valence-corrected chi connectivity index (χ0v) is 19.0. The molecule has 0 saturated carbocycles. The Bertz CT molecular complexity index is 1450. The molecular weight excluding hydrogens is 477 g/mol. The number of ether oxygens (including phenoxy) is 2. The average Bonchev–Trinajstić information content (AvgIpc) is 2.84. The second-order valence-corrected chi connectivity index (χ2v) is 7.57. The Morgan fingerprint density at radius 2 is 1.86 bits per heavy atom. The first kappa shape index (κ1) is 24.6. The van der Waals surface area contributed by atoms with Crippen molar-refractivity contribution < 1.29 is 27.8 Å². The van der Waals surface area contributed by atoms with Crippen LogP contribution in [-0.4, -0.2) is 40.9 Å². The normalized spacial score (nSPS) is 11.7. The fraction of sp³-hybridized carbons (Fsp3) is 0.160. The highest BCUT2D eigenvalue weighted by Gasteiger charge is 2.31. The predicted octanol–water partition coefficient (Wildman–Crippen LogP) is 4.87. The van der Waals surface area contributed by atoms with E-state index in [2.05, 4.69) is 20.0 Å². The minimum Gasteiger partial charge on any atom is -0.504 e. The zero-order valence-electron chi connectivity index (χ0n) is 19.0. The molecule has 4 aromatic rings. The lowest BCUT2D eigenvalue weighted by molar-refractivity contribution is -0.274. The van der Waals surface area contributed by atoms with Crippen molar-refractivity contribution in [2.75, 3.05) is 19.0 Å².